The lowest BCUT2D eigenvalue weighted by Crippen LogP contribution is -2.38. The zero-order valence-corrected chi connectivity index (χ0v) is 10.3. The van der Waals surface area contributed by atoms with Crippen molar-refractivity contribution in [1.29, 1.82) is 0 Å². The number of nitrogens with zero attached hydrogens (tertiary/aromatic N) is 2. The van der Waals surface area contributed by atoms with Gasteiger partial charge in [0.25, 0.3) is 0 Å². The molecule has 0 aromatic carbocycles. The summed E-state index contributed by atoms with van der Waals surface area (Å²) in [7, 11) is 0. The minimum Gasteiger partial charge on any atom is -0.314 e. The third-order valence-electron chi connectivity index (χ3n) is 3.36. The summed E-state index contributed by atoms with van der Waals surface area (Å²) in [6.07, 6.45) is 7.90. The zero-order valence-electron chi connectivity index (χ0n) is 9.52. The van der Waals surface area contributed by atoms with Crippen molar-refractivity contribution in [2.24, 2.45) is 5.92 Å². The maximum Gasteiger partial charge on any atom is 0.193 e. The van der Waals surface area contributed by atoms with Crippen LogP contribution in [0.4, 0.5) is 0 Å². The van der Waals surface area contributed by atoms with E-state index in [0.717, 1.165) is 23.8 Å². The second-order valence-corrected chi connectivity index (χ2v) is 5.68. The van der Waals surface area contributed by atoms with Crippen LogP contribution < -0.4 is 5.32 Å². The molecule has 0 spiro atoms. The van der Waals surface area contributed by atoms with Gasteiger partial charge in [-0.3, -0.25) is 4.40 Å². The first kappa shape index (κ1) is 10.3. The standard InChI is InChI=1S/C12H17N3S/c1-9-2-3-13-10(6-9)7-11-8-15-4-5-16-12(15)14-11/h4-5,8-10,13H,2-3,6-7H2,1H3. The number of hydrogen-bond donors (Lipinski definition) is 1. The summed E-state index contributed by atoms with van der Waals surface area (Å²) in [6.45, 7) is 3.51. The number of fused-ring (bicyclic) bond motifs is 1. The van der Waals surface area contributed by atoms with Crippen LogP contribution in [0.1, 0.15) is 25.5 Å². The van der Waals surface area contributed by atoms with E-state index in [-0.39, 0.29) is 0 Å². The summed E-state index contributed by atoms with van der Waals surface area (Å²) in [6, 6.07) is 0.619. The van der Waals surface area contributed by atoms with E-state index in [1.165, 1.54) is 18.5 Å². The molecule has 0 radical (unpaired) electrons. The SMILES string of the molecule is CC1CCNC(Cc2cn3ccsc3n2)C1. The van der Waals surface area contributed by atoms with Crippen LogP contribution >= 0.6 is 11.3 Å². The van der Waals surface area contributed by atoms with Gasteiger partial charge in [0.2, 0.25) is 0 Å². The maximum atomic E-state index is 4.63. The first-order valence-electron chi connectivity index (χ1n) is 5.96. The van der Waals surface area contributed by atoms with Gasteiger partial charge in [-0.05, 0) is 25.3 Å². The summed E-state index contributed by atoms with van der Waals surface area (Å²) in [5, 5.41) is 5.67. The molecule has 2 aromatic heterocycles. The molecule has 2 unspecified atom stereocenters. The van der Waals surface area contributed by atoms with Gasteiger partial charge >= 0.3 is 0 Å². The van der Waals surface area contributed by atoms with Crippen molar-refractivity contribution < 1.29 is 0 Å². The highest BCUT2D eigenvalue weighted by molar-refractivity contribution is 7.15. The number of aromatic nitrogens is 2. The summed E-state index contributed by atoms with van der Waals surface area (Å²) < 4.78 is 2.12. The number of hydrogen-bond acceptors (Lipinski definition) is 3. The Hall–Kier alpha value is -0.870. The molecule has 3 rings (SSSR count). The average Bonchev–Trinajstić information content (AvgIpc) is 2.77. The highest BCUT2D eigenvalue weighted by atomic mass is 32.1. The lowest BCUT2D eigenvalue weighted by Gasteiger charge is -2.27. The quantitative estimate of drug-likeness (QED) is 0.865. The van der Waals surface area contributed by atoms with Crippen LogP contribution in [0.15, 0.2) is 17.8 Å². The Balaban J connectivity index is 1.71. The third-order valence-corrected chi connectivity index (χ3v) is 4.13. The third kappa shape index (κ3) is 1.99. The topological polar surface area (TPSA) is 29.3 Å². The monoisotopic (exact) mass is 235 g/mol. The van der Waals surface area contributed by atoms with Gasteiger partial charge in [0.1, 0.15) is 0 Å². The molecule has 3 nitrogen and oxygen atoms in total. The van der Waals surface area contributed by atoms with Crippen LogP contribution in [0.5, 0.6) is 0 Å². The number of imidazole rings is 1. The molecule has 2 aromatic rings. The zero-order chi connectivity index (χ0) is 11.0. The Morgan fingerprint density at radius 3 is 3.38 bits per heavy atom. The highest BCUT2D eigenvalue weighted by Gasteiger charge is 2.19. The van der Waals surface area contributed by atoms with Crippen molar-refractivity contribution in [3.63, 3.8) is 0 Å². The van der Waals surface area contributed by atoms with Crippen LogP contribution in [0, 0.1) is 5.92 Å². The van der Waals surface area contributed by atoms with Crippen molar-refractivity contribution in [1.82, 2.24) is 14.7 Å². The number of piperidine rings is 1. The van der Waals surface area contributed by atoms with Crippen molar-refractivity contribution in [3.05, 3.63) is 23.5 Å². The molecule has 1 N–H and O–H groups in total. The molecule has 0 aliphatic carbocycles. The average molecular weight is 235 g/mol. The maximum absolute atomic E-state index is 4.63. The smallest absolute Gasteiger partial charge is 0.193 e. The molecule has 3 heterocycles. The molecule has 1 fully saturated rings. The van der Waals surface area contributed by atoms with E-state index >= 15 is 0 Å². The van der Waals surface area contributed by atoms with E-state index in [1.54, 1.807) is 11.3 Å². The predicted molar refractivity (Wildman–Crippen MR) is 67.0 cm³/mol. The minimum atomic E-state index is 0.619. The first-order chi connectivity index (χ1) is 7.81. The van der Waals surface area contributed by atoms with Crippen LogP contribution in [0.2, 0.25) is 0 Å². The second-order valence-electron chi connectivity index (χ2n) is 4.81. The van der Waals surface area contributed by atoms with E-state index < -0.39 is 0 Å². The van der Waals surface area contributed by atoms with Gasteiger partial charge in [-0.2, -0.15) is 0 Å². The normalized spacial score (nSPS) is 26.3. The lowest BCUT2D eigenvalue weighted by molar-refractivity contribution is 0.317. The molecule has 0 saturated carbocycles. The molecule has 16 heavy (non-hydrogen) atoms. The van der Waals surface area contributed by atoms with Crippen molar-refractivity contribution in [3.8, 4) is 0 Å². The van der Waals surface area contributed by atoms with Gasteiger partial charge in [0.05, 0.1) is 5.69 Å². The predicted octanol–water partition coefficient (Wildman–Crippen LogP) is 2.33. The molecular formula is C12H17N3S. The van der Waals surface area contributed by atoms with Gasteiger partial charge in [0, 0.05) is 30.2 Å². The van der Waals surface area contributed by atoms with Crippen molar-refractivity contribution in [2.75, 3.05) is 6.54 Å². The van der Waals surface area contributed by atoms with E-state index in [0.29, 0.717) is 6.04 Å². The molecule has 1 aliphatic rings. The Bertz CT molecular complexity index is 445. The van der Waals surface area contributed by atoms with Gasteiger partial charge in [-0.25, -0.2) is 4.98 Å². The summed E-state index contributed by atoms with van der Waals surface area (Å²) in [5.74, 6) is 0.856. The number of rotatable bonds is 2. The Labute approximate surface area is 99.5 Å². The summed E-state index contributed by atoms with van der Waals surface area (Å²) in [5.41, 5.74) is 1.22. The van der Waals surface area contributed by atoms with E-state index in [9.17, 15) is 0 Å². The molecule has 1 aliphatic heterocycles. The molecule has 0 amide bonds. The van der Waals surface area contributed by atoms with E-state index in [4.69, 9.17) is 0 Å². The Morgan fingerprint density at radius 1 is 1.62 bits per heavy atom. The Morgan fingerprint density at radius 2 is 2.56 bits per heavy atom. The van der Waals surface area contributed by atoms with Crippen LogP contribution in [-0.4, -0.2) is 22.0 Å². The number of nitrogens with one attached hydrogen (secondary N) is 1. The van der Waals surface area contributed by atoms with Gasteiger partial charge in [-0.1, -0.05) is 6.92 Å². The second kappa shape index (κ2) is 4.18. The molecule has 1 saturated heterocycles. The van der Waals surface area contributed by atoms with Gasteiger partial charge in [0.15, 0.2) is 4.96 Å². The molecule has 0 bridgehead atoms. The summed E-state index contributed by atoms with van der Waals surface area (Å²) in [4.78, 5) is 5.74. The van der Waals surface area contributed by atoms with Gasteiger partial charge in [-0.15, -0.1) is 11.3 Å². The fourth-order valence-corrected chi connectivity index (χ4v) is 3.22. The Kier molecular flexibility index (Phi) is 2.69. The molecule has 86 valence electrons. The fraction of sp³-hybridized carbons (Fsp3) is 0.583. The van der Waals surface area contributed by atoms with Gasteiger partial charge < -0.3 is 5.32 Å². The highest BCUT2D eigenvalue weighted by Crippen LogP contribution is 2.19. The van der Waals surface area contributed by atoms with E-state index in [2.05, 4.69) is 39.4 Å². The molecular weight excluding hydrogens is 218 g/mol. The number of thiazole rings is 1. The lowest BCUT2D eigenvalue weighted by atomic mass is 9.92. The first-order valence-corrected chi connectivity index (χ1v) is 6.83. The van der Waals surface area contributed by atoms with Crippen LogP contribution in [-0.2, 0) is 6.42 Å². The largest absolute Gasteiger partial charge is 0.314 e. The minimum absolute atomic E-state index is 0.619. The molecule has 2 atom stereocenters. The van der Waals surface area contributed by atoms with Crippen molar-refractivity contribution in [2.45, 2.75) is 32.2 Å². The molecule has 4 heteroatoms. The fourth-order valence-electron chi connectivity index (χ4n) is 2.50. The summed E-state index contributed by atoms with van der Waals surface area (Å²) >= 11 is 1.70. The van der Waals surface area contributed by atoms with Crippen LogP contribution in [0.25, 0.3) is 4.96 Å². The van der Waals surface area contributed by atoms with Crippen LogP contribution in [0.3, 0.4) is 0 Å². The van der Waals surface area contributed by atoms with Crippen molar-refractivity contribution >= 4 is 16.3 Å². The van der Waals surface area contributed by atoms with E-state index in [1.807, 2.05) is 0 Å².